The summed E-state index contributed by atoms with van der Waals surface area (Å²) in [6.45, 7) is 9.17. The van der Waals surface area contributed by atoms with E-state index in [1.165, 1.54) is 32.7 Å². The smallest absolute Gasteiger partial charge is 0.0594 e. The van der Waals surface area contributed by atoms with Crippen molar-refractivity contribution in [1.29, 1.82) is 0 Å². The molecule has 0 saturated carbocycles. The molecule has 38 heavy (non-hydrogen) atoms. The highest BCUT2D eigenvalue weighted by Crippen LogP contribution is 2.35. The van der Waals surface area contributed by atoms with Crippen molar-refractivity contribution < 1.29 is 9.47 Å². The number of fused-ring (bicyclic) bond motifs is 2. The van der Waals surface area contributed by atoms with Crippen LogP contribution in [0.3, 0.4) is 0 Å². The van der Waals surface area contributed by atoms with Crippen LogP contribution in [0.2, 0.25) is 0 Å². The molecule has 3 aromatic rings. The van der Waals surface area contributed by atoms with Crippen molar-refractivity contribution in [1.82, 2.24) is 9.80 Å². The third-order valence-electron chi connectivity index (χ3n) is 7.45. The van der Waals surface area contributed by atoms with E-state index in [2.05, 4.69) is 58.3 Å². The number of rotatable bonds is 8. The molecule has 0 aliphatic carbocycles. The van der Waals surface area contributed by atoms with Gasteiger partial charge in [-0.05, 0) is 57.6 Å². The zero-order valence-corrected chi connectivity index (χ0v) is 25.0. The van der Waals surface area contributed by atoms with Gasteiger partial charge < -0.3 is 20.9 Å². The van der Waals surface area contributed by atoms with Gasteiger partial charge in [0.2, 0.25) is 0 Å². The Morgan fingerprint density at radius 2 is 1.13 bits per heavy atom. The number of hydrogen-bond acceptors (Lipinski definition) is 6. The number of nitrogens with zero attached hydrogens (tertiary/aromatic N) is 2. The Bertz CT molecular complexity index is 1110. The standard InChI is InChI=1S/C28H38N4O2.4ClH/c29-26(7-9-31-11-15-33-16-12-31)24-6-5-23-19-21-3-1-2-4-22(21)20-25(23)28(24)27(30)8-10-32-13-17-34-18-14-32;;;;/h1-6,19-20,26-27H,7-18,29-30H2;4*1H. The third-order valence-corrected chi connectivity index (χ3v) is 7.45. The Kier molecular flexibility index (Phi) is 15.7. The lowest BCUT2D eigenvalue weighted by molar-refractivity contribution is 0.0363. The highest BCUT2D eigenvalue weighted by atomic mass is 35.5. The molecule has 4 N–H and O–H groups in total. The largest absolute Gasteiger partial charge is 0.379 e. The number of morpholine rings is 2. The van der Waals surface area contributed by atoms with Crippen LogP contribution in [0, 0.1) is 0 Å². The number of ether oxygens (including phenoxy) is 2. The van der Waals surface area contributed by atoms with Crippen LogP contribution >= 0.6 is 49.6 Å². The van der Waals surface area contributed by atoms with Crippen molar-refractivity contribution in [2.24, 2.45) is 11.5 Å². The van der Waals surface area contributed by atoms with E-state index in [-0.39, 0.29) is 61.7 Å². The molecule has 0 aromatic heterocycles. The lowest BCUT2D eigenvalue weighted by Gasteiger charge is -2.30. The SMILES string of the molecule is Cl.Cl.Cl.Cl.NC(CCN1CCOCC1)c1ccc2cc3ccccc3cc2c1C(N)CCN1CCOCC1. The topological polar surface area (TPSA) is 77.0 Å². The van der Waals surface area contributed by atoms with Gasteiger partial charge in [-0.25, -0.2) is 0 Å². The summed E-state index contributed by atoms with van der Waals surface area (Å²) in [7, 11) is 0. The van der Waals surface area contributed by atoms with Gasteiger partial charge in [0.15, 0.2) is 0 Å². The molecule has 6 nitrogen and oxygen atoms in total. The lowest BCUT2D eigenvalue weighted by Crippen LogP contribution is -2.38. The second kappa shape index (κ2) is 17.0. The maximum Gasteiger partial charge on any atom is 0.0594 e. The molecule has 2 aliphatic heterocycles. The summed E-state index contributed by atoms with van der Waals surface area (Å²) in [4.78, 5) is 4.91. The summed E-state index contributed by atoms with van der Waals surface area (Å²) in [6, 6.07) is 17.5. The number of nitrogens with two attached hydrogens (primary N) is 2. The van der Waals surface area contributed by atoms with Gasteiger partial charge >= 0.3 is 0 Å². The Hall–Kier alpha value is -0.900. The summed E-state index contributed by atoms with van der Waals surface area (Å²) in [6.07, 6.45) is 1.83. The molecular formula is C28H42Cl4N4O2. The van der Waals surface area contributed by atoms with Crippen LogP contribution < -0.4 is 11.5 Å². The molecule has 2 heterocycles. The summed E-state index contributed by atoms with van der Waals surface area (Å²) in [5.74, 6) is 0. The number of halogens is 4. The van der Waals surface area contributed by atoms with Gasteiger partial charge in [0.05, 0.1) is 26.4 Å². The minimum absolute atomic E-state index is 0. The fraction of sp³-hybridized carbons (Fsp3) is 0.500. The predicted octanol–water partition coefficient (Wildman–Crippen LogP) is 5.12. The second-order valence-electron chi connectivity index (χ2n) is 9.69. The zero-order chi connectivity index (χ0) is 23.3. The third kappa shape index (κ3) is 8.55. The van der Waals surface area contributed by atoms with Crippen LogP contribution in [0.4, 0.5) is 0 Å². The Balaban J connectivity index is 0.00000180. The normalized spacial score (nSPS) is 17.9. The molecule has 10 heteroatoms. The molecule has 2 unspecified atom stereocenters. The van der Waals surface area contributed by atoms with Gasteiger partial charge in [-0.3, -0.25) is 9.80 Å². The molecule has 2 saturated heterocycles. The monoisotopic (exact) mass is 606 g/mol. The Morgan fingerprint density at radius 3 is 1.68 bits per heavy atom. The van der Waals surface area contributed by atoms with Crippen molar-refractivity contribution in [3.8, 4) is 0 Å². The van der Waals surface area contributed by atoms with E-state index in [0.29, 0.717) is 0 Å². The maximum atomic E-state index is 6.96. The van der Waals surface area contributed by atoms with Crippen LogP contribution in [0.15, 0.2) is 48.5 Å². The van der Waals surface area contributed by atoms with Gasteiger partial charge in [-0.15, -0.1) is 49.6 Å². The molecule has 0 spiro atoms. The van der Waals surface area contributed by atoms with Gasteiger partial charge in [0, 0.05) is 51.4 Å². The molecule has 2 fully saturated rings. The molecular weight excluding hydrogens is 566 g/mol. The molecule has 0 radical (unpaired) electrons. The average molecular weight is 608 g/mol. The summed E-state index contributed by atoms with van der Waals surface area (Å²) in [5.41, 5.74) is 16.2. The molecule has 214 valence electrons. The molecule has 5 rings (SSSR count). The number of hydrogen-bond donors (Lipinski definition) is 2. The van der Waals surface area contributed by atoms with Crippen LogP contribution in [0.1, 0.15) is 36.1 Å². The fourth-order valence-electron chi connectivity index (χ4n) is 5.38. The van der Waals surface area contributed by atoms with Crippen LogP contribution in [0.25, 0.3) is 21.5 Å². The first kappa shape index (κ1) is 35.1. The first-order valence-electron chi connectivity index (χ1n) is 12.8. The minimum Gasteiger partial charge on any atom is -0.379 e. The van der Waals surface area contributed by atoms with E-state index in [1.54, 1.807) is 0 Å². The first-order valence-corrected chi connectivity index (χ1v) is 12.8. The van der Waals surface area contributed by atoms with Crippen LogP contribution in [-0.4, -0.2) is 75.5 Å². The lowest BCUT2D eigenvalue weighted by atomic mass is 9.87. The van der Waals surface area contributed by atoms with E-state index in [9.17, 15) is 0 Å². The maximum absolute atomic E-state index is 6.96. The molecule has 0 amide bonds. The van der Waals surface area contributed by atoms with Gasteiger partial charge in [-0.2, -0.15) is 0 Å². The Labute approximate surface area is 251 Å². The molecule has 3 aromatic carbocycles. The van der Waals surface area contributed by atoms with Crippen LogP contribution in [0.5, 0.6) is 0 Å². The zero-order valence-electron chi connectivity index (χ0n) is 21.8. The molecule has 0 bridgehead atoms. The second-order valence-corrected chi connectivity index (χ2v) is 9.69. The van der Waals surface area contributed by atoms with E-state index in [0.717, 1.165) is 78.5 Å². The van der Waals surface area contributed by atoms with Crippen molar-refractivity contribution in [2.75, 3.05) is 65.7 Å². The van der Waals surface area contributed by atoms with E-state index in [4.69, 9.17) is 20.9 Å². The summed E-state index contributed by atoms with van der Waals surface area (Å²) in [5, 5.41) is 4.98. The van der Waals surface area contributed by atoms with Crippen molar-refractivity contribution in [3.05, 3.63) is 59.7 Å². The van der Waals surface area contributed by atoms with Crippen molar-refractivity contribution >= 4 is 71.2 Å². The summed E-state index contributed by atoms with van der Waals surface area (Å²) < 4.78 is 11.0. The van der Waals surface area contributed by atoms with Crippen molar-refractivity contribution in [3.63, 3.8) is 0 Å². The fourth-order valence-corrected chi connectivity index (χ4v) is 5.38. The van der Waals surface area contributed by atoms with Gasteiger partial charge in [0.25, 0.3) is 0 Å². The summed E-state index contributed by atoms with van der Waals surface area (Å²) >= 11 is 0. The van der Waals surface area contributed by atoms with Gasteiger partial charge in [-0.1, -0.05) is 36.4 Å². The first-order chi connectivity index (χ1) is 16.7. The van der Waals surface area contributed by atoms with Crippen molar-refractivity contribution in [2.45, 2.75) is 24.9 Å². The number of benzene rings is 3. The van der Waals surface area contributed by atoms with E-state index in [1.807, 2.05) is 0 Å². The minimum atomic E-state index is -0.0582. The van der Waals surface area contributed by atoms with E-state index < -0.39 is 0 Å². The molecule has 2 atom stereocenters. The Morgan fingerprint density at radius 1 is 0.632 bits per heavy atom. The van der Waals surface area contributed by atoms with E-state index >= 15 is 0 Å². The molecule has 2 aliphatic rings. The van der Waals surface area contributed by atoms with Crippen LogP contribution in [-0.2, 0) is 9.47 Å². The van der Waals surface area contributed by atoms with Gasteiger partial charge in [0.1, 0.15) is 0 Å². The highest BCUT2D eigenvalue weighted by Gasteiger charge is 2.22. The predicted molar refractivity (Wildman–Crippen MR) is 168 cm³/mol. The quantitative estimate of drug-likeness (QED) is 0.346. The highest BCUT2D eigenvalue weighted by molar-refractivity contribution is 6.00. The average Bonchev–Trinajstić information content (AvgIpc) is 2.89.